The van der Waals surface area contributed by atoms with Gasteiger partial charge >= 0.3 is 18.3 Å². The van der Waals surface area contributed by atoms with E-state index in [9.17, 15) is 33.6 Å². The molecule has 7 amide bonds. The van der Waals surface area contributed by atoms with Gasteiger partial charge in [0.1, 0.15) is 31.9 Å². The third kappa shape index (κ3) is 41.1. The Morgan fingerprint density at radius 1 is 0.337 bits per heavy atom. The highest BCUT2D eigenvalue weighted by molar-refractivity contribution is 5.91. The molecule has 0 aromatic heterocycles. The van der Waals surface area contributed by atoms with E-state index in [-0.39, 0.29) is 77.1 Å². The van der Waals surface area contributed by atoms with Gasteiger partial charge < -0.3 is 89.3 Å². The molecule has 7 N–H and O–H groups in total. The number of unbranched alkanes of at least 4 members (excludes halogenated alkanes) is 2. The molecule has 25 nitrogen and oxygen atoms in total. The quantitative estimate of drug-likeness (QED) is 0.0299. The van der Waals surface area contributed by atoms with Gasteiger partial charge in [-0.2, -0.15) is 0 Å². The van der Waals surface area contributed by atoms with Crippen LogP contribution in [-0.4, -0.2) is 193 Å². The summed E-state index contributed by atoms with van der Waals surface area (Å²) in [7, 11) is 1.59. The second-order valence-electron chi connectivity index (χ2n) is 19.2. The molecule has 0 fully saturated rings. The van der Waals surface area contributed by atoms with Crippen molar-refractivity contribution in [3.63, 3.8) is 0 Å². The summed E-state index contributed by atoms with van der Waals surface area (Å²) >= 11 is 0. The summed E-state index contributed by atoms with van der Waals surface area (Å²) < 4.78 is 60.0. The first-order chi connectivity index (χ1) is 42.1. The molecule has 0 spiro atoms. The molecule has 3 aromatic rings. The smallest absolute Gasteiger partial charge is 0.408 e. The number of carbonyl (C=O) groups excluding carboxylic acids is 7. The Morgan fingerprint density at radius 2 is 0.674 bits per heavy atom. The van der Waals surface area contributed by atoms with E-state index >= 15 is 0 Å². The average Bonchev–Trinajstić information content (AvgIpc) is 3.62. The average molecular weight is 1210 g/mol. The number of hydrogen-bond donors (Lipinski definition) is 7. The predicted octanol–water partition coefficient (Wildman–Crippen LogP) is 4.63. The number of amides is 7. The van der Waals surface area contributed by atoms with Crippen LogP contribution in [0.2, 0.25) is 0 Å². The summed E-state index contributed by atoms with van der Waals surface area (Å²) in [6, 6.07) is 25.6. The third-order valence-electron chi connectivity index (χ3n) is 12.3. The topological polar surface area (TPSA) is 305 Å². The number of nitrogens with one attached hydrogen (secondary N) is 7. The molecule has 0 bridgehead atoms. The third-order valence-corrected chi connectivity index (χ3v) is 12.3. The number of carbonyl (C=O) groups is 7. The van der Waals surface area contributed by atoms with Crippen LogP contribution in [0, 0.1) is 0 Å². The van der Waals surface area contributed by atoms with Gasteiger partial charge in [0.25, 0.3) is 0 Å². The molecule has 0 aliphatic carbocycles. The van der Waals surface area contributed by atoms with Crippen molar-refractivity contribution >= 4 is 41.9 Å². The number of rotatable bonds is 52. The second-order valence-corrected chi connectivity index (χ2v) is 19.2. The summed E-state index contributed by atoms with van der Waals surface area (Å²) in [6.07, 6.45) is 1.91. The SMILES string of the molecule is CNC(=O)CCOCCOCCOCCOCCOCCC(=O)NCCCOCCOCCOCCCNC(=O)[C@H](CCCCNC(=O)OCc1ccccc1)NC(=O)[C@H](CCCCNC(=O)OCc1ccccc1)NC(=O)OCc1ccccc1. The van der Waals surface area contributed by atoms with Crippen molar-refractivity contribution < 1.29 is 85.7 Å². The Kier molecular flexibility index (Phi) is 43.7. The lowest BCUT2D eigenvalue weighted by Gasteiger charge is -2.23. The number of hydrogen-bond acceptors (Lipinski definition) is 18. The number of ether oxygens (including phenoxy) is 11. The molecular weight excluding hydrogens is 1120 g/mol. The lowest BCUT2D eigenvalue weighted by molar-refractivity contribution is -0.130. The normalized spacial score (nSPS) is 11.6. The molecule has 2 atom stereocenters. The maximum Gasteiger partial charge on any atom is 0.408 e. The fourth-order valence-electron chi connectivity index (χ4n) is 7.57. The fourth-order valence-corrected chi connectivity index (χ4v) is 7.57. The first-order valence-electron chi connectivity index (χ1n) is 29.7. The molecule has 0 aliphatic heterocycles. The zero-order valence-corrected chi connectivity index (χ0v) is 50.0. The molecule has 0 heterocycles. The van der Waals surface area contributed by atoms with Crippen LogP contribution in [0.15, 0.2) is 91.0 Å². The van der Waals surface area contributed by atoms with Gasteiger partial charge in [0.05, 0.1) is 92.5 Å². The minimum atomic E-state index is -1.08. The van der Waals surface area contributed by atoms with Crippen molar-refractivity contribution in [3.8, 4) is 0 Å². The van der Waals surface area contributed by atoms with Crippen molar-refractivity contribution in [2.45, 2.75) is 96.1 Å². The molecule has 3 aromatic carbocycles. The Hall–Kier alpha value is -6.97. The zero-order chi connectivity index (χ0) is 61.6. The molecule has 3 rings (SSSR count). The molecule has 25 heteroatoms. The zero-order valence-electron chi connectivity index (χ0n) is 50.0. The summed E-state index contributed by atoms with van der Waals surface area (Å²) in [5.41, 5.74) is 2.45. The van der Waals surface area contributed by atoms with Gasteiger partial charge in [-0.05, 0) is 68.1 Å². The van der Waals surface area contributed by atoms with Gasteiger partial charge in [0.15, 0.2) is 0 Å². The summed E-state index contributed by atoms with van der Waals surface area (Å²) in [6.45, 7) is 7.63. The summed E-state index contributed by atoms with van der Waals surface area (Å²) in [4.78, 5) is 88.6. The van der Waals surface area contributed by atoms with E-state index in [1.165, 1.54) is 0 Å². The van der Waals surface area contributed by atoms with Gasteiger partial charge in [0.2, 0.25) is 23.6 Å². The number of benzene rings is 3. The Morgan fingerprint density at radius 3 is 1.08 bits per heavy atom. The minimum Gasteiger partial charge on any atom is -0.445 e. The first kappa shape index (κ1) is 73.3. The van der Waals surface area contributed by atoms with E-state index in [1.54, 1.807) is 19.2 Å². The van der Waals surface area contributed by atoms with E-state index in [4.69, 9.17) is 52.1 Å². The van der Waals surface area contributed by atoms with Crippen LogP contribution in [0.25, 0.3) is 0 Å². The lowest BCUT2D eigenvalue weighted by atomic mass is 10.1. The van der Waals surface area contributed by atoms with Crippen LogP contribution >= 0.6 is 0 Å². The molecule has 86 heavy (non-hydrogen) atoms. The van der Waals surface area contributed by atoms with E-state index in [0.717, 1.165) is 16.7 Å². The van der Waals surface area contributed by atoms with Crippen molar-refractivity contribution in [2.75, 3.05) is 139 Å². The van der Waals surface area contributed by atoms with Gasteiger partial charge in [-0.25, -0.2) is 14.4 Å². The van der Waals surface area contributed by atoms with E-state index in [0.29, 0.717) is 151 Å². The highest BCUT2D eigenvalue weighted by atomic mass is 16.6. The fraction of sp³-hybridized carbons (Fsp3) is 0.590. The van der Waals surface area contributed by atoms with Crippen LogP contribution in [-0.2, 0) is 91.1 Å². The van der Waals surface area contributed by atoms with Crippen LogP contribution in [0.4, 0.5) is 14.4 Å². The van der Waals surface area contributed by atoms with Gasteiger partial charge in [-0.1, -0.05) is 91.0 Å². The number of alkyl carbamates (subject to hydrolysis) is 3. The molecule has 0 unspecified atom stereocenters. The standard InChI is InChI=1S/C61H93N7O18/c1-62-55(69)25-33-78-37-41-81-43-45-83-46-44-82-42-38-79-34-26-56(70)63-29-15-31-76-35-39-80-40-36-77-32-16-30-64-57(71)53(23-11-13-27-65-59(73)84-47-50-17-5-2-6-18-50)67-58(72)54(68-61(75)86-49-52-21-9-4-10-22-52)24-12-14-28-66-60(74)85-48-51-19-7-3-8-20-51/h2-10,17-22,53-54H,11-16,23-49H2,1H3,(H,62,69)(H,63,70)(H,64,71)(H,65,73)(H,66,74)(H,67,72)(H,68,75)/t53-,54-/m0/s1. The predicted molar refractivity (Wildman–Crippen MR) is 318 cm³/mol. The Balaban J connectivity index is 1.28. The molecule has 480 valence electrons. The van der Waals surface area contributed by atoms with Crippen LogP contribution in [0.5, 0.6) is 0 Å². The van der Waals surface area contributed by atoms with Gasteiger partial charge in [-0.3, -0.25) is 19.2 Å². The van der Waals surface area contributed by atoms with Crippen molar-refractivity contribution in [3.05, 3.63) is 108 Å². The summed E-state index contributed by atoms with van der Waals surface area (Å²) in [5.74, 6) is -1.19. The van der Waals surface area contributed by atoms with Crippen LogP contribution in [0.3, 0.4) is 0 Å². The Labute approximate surface area is 505 Å². The minimum absolute atomic E-state index is 0.0223. The second kappa shape index (κ2) is 51.3. The monoisotopic (exact) mass is 1210 g/mol. The molecule has 0 saturated heterocycles. The maximum atomic E-state index is 14.0. The van der Waals surface area contributed by atoms with E-state index < -0.39 is 42.2 Å². The molecule has 0 saturated carbocycles. The van der Waals surface area contributed by atoms with Gasteiger partial charge in [-0.15, -0.1) is 0 Å². The summed E-state index contributed by atoms with van der Waals surface area (Å²) in [5, 5.41) is 19.2. The Bertz CT molecular complexity index is 2240. The highest BCUT2D eigenvalue weighted by Gasteiger charge is 2.27. The highest BCUT2D eigenvalue weighted by Crippen LogP contribution is 2.09. The van der Waals surface area contributed by atoms with Crippen LogP contribution in [0.1, 0.15) is 80.9 Å². The van der Waals surface area contributed by atoms with E-state index in [1.807, 2.05) is 78.9 Å². The molecule has 0 radical (unpaired) electrons. The largest absolute Gasteiger partial charge is 0.445 e. The van der Waals surface area contributed by atoms with Crippen molar-refractivity contribution in [1.82, 2.24) is 37.2 Å². The first-order valence-corrected chi connectivity index (χ1v) is 29.7. The lowest BCUT2D eigenvalue weighted by Crippen LogP contribution is -2.54. The van der Waals surface area contributed by atoms with E-state index in [2.05, 4.69) is 37.2 Å². The molecule has 0 aliphatic rings. The van der Waals surface area contributed by atoms with Crippen molar-refractivity contribution in [2.24, 2.45) is 0 Å². The maximum absolute atomic E-state index is 14.0. The van der Waals surface area contributed by atoms with Crippen LogP contribution < -0.4 is 37.2 Å². The van der Waals surface area contributed by atoms with Crippen molar-refractivity contribution in [1.29, 1.82) is 0 Å². The van der Waals surface area contributed by atoms with Gasteiger partial charge in [0, 0.05) is 59.3 Å². The molecular formula is C61H93N7O18.